The average Bonchev–Trinajstić information content (AvgIpc) is 3.44. The van der Waals surface area contributed by atoms with Crippen molar-refractivity contribution in [2.75, 3.05) is 26.6 Å². The van der Waals surface area contributed by atoms with E-state index >= 15 is 0 Å². The second-order valence-corrected chi connectivity index (χ2v) is 8.65. The Hall–Kier alpha value is -3.82. The molecule has 0 spiro atoms. The molecule has 1 aromatic carbocycles. The van der Waals surface area contributed by atoms with Crippen LogP contribution in [0.25, 0.3) is 16.7 Å². The van der Waals surface area contributed by atoms with Crippen LogP contribution in [0.3, 0.4) is 0 Å². The Morgan fingerprint density at radius 1 is 1.03 bits per heavy atom. The van der Waals surface area contributed by atoms with Crippen molar-refractivity contribution in [2.24, 2.45) is 0 Å². The Labute approximate surface area is 197 Å². The van der Waals surface area contributed by atoms with Crippen molar-refractivity contribution in [3.8, 4) is 22.9 Å². The Balaban J connectivity index is 1.51. The Morgan fingerprint density at radius 3 is 2.35 bits per heavy atom. The number of aromatic nitrogens is 6. The summed E-state index contributed by atoms with van der Waals surface area (Å²) >= 11 is 0. The van der Waals surface area contributed by atoms with Gasteiger partial charge in [-0.2, -0.15) is 5.10 Å². The van der Waals surface area contributed by atoms with E-state index in [4.69, 9.17) is 24.2 Å². The lowest BCUT2D eigenvalue weighted by molar-refractivity contribution is 0.324. The van der Waals surface area contributed by atoms with Crippen molar-refractivity contribution in [2.45, 2.75) is 45.1 Å². The molecule has 1 aliphatic rings. The van der Waals surface area contributed by atoms with Gasteiger partial charge in [0.2, 0.25) is 5.75 Å². The van der Waals surface area contributed by atoms with Crippen molar-refractivity contribution in [1.82, 2.24) is 29.3 Å². The van der Waals surface area contributed by atoms with E-state index in [1.807, 2.05) is 33.8 Å². The quantitative estimate of drug-likeness (QED) is 0.404. The molecule has 3 heterocycles. The summed E-state index contributed by atoms with van der Waals surface area (Å²) < 4.78 is 20.2. The monoisotopic (exact) mass is 463 g/mol. The first-order chi connectivity index (χ1) is 16.5. The molecule has 0 saturated heterocycles. The van der Waals surface area contributed by atoms with Crippen LogP contribution < -0.4 is 19.5 Å². The zero-order valence-corrected chi connectivity index (χ0v) is 20.1. The molecule has 0 unspecified atom stereocenters. The van der Waals surface area contributed by atoms with E-state index in [-0.39, 0.29) is 6.04 Å². The highest BCUT2D eigenvalue weighted by Gasteiger charge is 2.25. The van der Waals surface area contributed by atoms with Gasteiger partial charge in [0.15, 0.2) is 17.1 Å². The predicted octanol–water partition coefficient (Wildman–Crippen LogP) is 4.63. The molecule has 0 amide bonds. The lowest BCUT2D eigenvalue weighted by atomic mass is 9.85. The molecule has 4 aromatic rings. The molecule has 1 saturated carbocycles. The molecule has 0 radical (unpaired) electrons. The first-order valence-corrected chi connectivity index (χ1v) is 11.4. The lowest BCUT2D eigenvalue weighted by Gasteiger charge is -2.24. The van der Waals surface area contributed by atoms with Crippen molar-refractivity contribution >= 4 is 22.7 Å². The molecule has 1 aliphatic carbocycles. The van der Waals surface area contributed by atoms with Crippen LogP contribution in [-0.2, 0) is 0 Å². The van der Waals surface area contributed by atoms with Gasteiger partial charge < -0.3 is 24.1 Å². The van der Waals surface area contributed by atoms with Crippen molar-refractivity contribution in [3.63, 3.8) is 0 Å². The highest BCUT2D eigenvalue weighted by atomic mass is 16.5. The number of ether oxygens (including phenoxy) is 3. The average molecular weight is 464 g/mol. The number of anilines is 2. The third kappa shape index (κ3) is 3.78. The Morgan fingerprint density at radius 2 is 1.76 bits per heavy atom. The number of fused-ring (bicyclic) bond motifs is 1. The van der Waals surface area contributed by atoms with Gasteiger partial charge in [0.05, 0.1) is 44.8 Å². The minimum Gasteiger partial charge on any atom is -0.493 e. The summed E-state index contributed by atoms with van der Waals surface area (Å²) in [6.07, 6.45) is 8.90. The summed E-state index contributed by atoms with van der Waals surface area (Å²) in [5.74, 6) is 4.33. The maximum Gasteiger partial charge on any atom is 0.203 e. The first kappa shape index (κ1) is 22.0. The molecule has 178 valence electrons. The van der Waals surface area contributed by atoms with E-state index < -0.39 is 0 Å². The third-order valence-corrected chi connectivity index (χ3v) is 6.21. The fourth-order valence-electron chi connectivity index (χ4n) is 4.13. The van der Waals surface area contributed by atoms with Crippen LogP contribution in [0.4, 0.5) is 11.6 Å². The third-order valence-electron chi connectivity index (χ3n) is 6.21. The Bertz CT molecular complexity index is 1300. The first-order valence-electron chi connectivity index (χ1n) is 11.4. The van der Waals surface area contributed by atoms with Crippen LogP contribution >= 0.6 is 0 Å². The standard InChI is InChI=1S/C24H29N7O3/c1-14(2)31-24-17(11-26-31)23(28-22(29-24)15-7-6-8-15)27-20-12-30(13-25-20)16-9-18(32-3)21(34-5)19(10-16)33-4/h9-15H,6-8H2,1-5H3,(H,27,28,29). The largest absolute Gasteiger partial charge is 0.493 e. The van der Waals surface area contributed by atoms with Gasteiger partial charge in [-0.3, -0.25) is 0 Å². The molecule has 0 bridgehead atoms. The molecule has 5 rings (SSSR count). The summed E-state index contributed by atoms with van der Waals surface area (Å²) in [7, 11) is 4.78. The van der Waals surface area contributed by atoms with Crippen LogP contribution in [0.15, 0.2) is 30.9 Å². The number of imidazole rings is 1. The summed E-state index contributed by atoms with van der Waals surface area (Å²) in [5, 5.41) is 8.82. The molecule has 0 aliphatic heterocycles. The maximum absolute atomic E-state index is 5.48. The maximum atomic E-state index is 5.48. The van der Waals surface area contributed by atoms with Crippen LogP contribution in [0.2, 0.25) is 0 Å². The molecule has 10 heteroatoms. The zero-order valence-electron chi connectivity index (χ0n) is 20.1. The van der Waals surface area contributed by atoms with E-state index in [1.165, 1.54) is 6.42 Å². The molecule has 1 N–H and O–H groups in total. The minimum absolute atomic E-state index is 0.203. The number of rotatable bonds is 8. The van der Waals surface area contributed by atoms with Gasteiger partial charge in [0, 0.05) is 24.1 Å². The molecular formula is C24H29N7O3. The van der Waals surface area contributed by atoms with E-state index in [9.17, 15) is 0 Å². The highest BCUT2D eigenvalue weighted by molar-refractivity contribution is 5.88. The minimum atomic E-state index is 0.203. The summed E-state index contributed by atoms with van der Waals surface area (Å²) in [6, 6.07) is 3.95. The topological polar surface area (TPSA) is 101 Å². The molecule has 34 heavy (non-hydrogen) atoms. The number of hydrogen-bond acceptors (Lipinski definition) is 8. The van der Waals surface area contributed by atoms with Gasteiger partial charge in [-0.05, 0) is 26.7 Å². The van der Waals surface area contributed by atoms with Crippen LogP contribution in [-0.4, -0.2) is 50.6 Å². The number of hydrogen-bond donors (Lipinski definition) is 1. The van der Waals surface area contributed by atoms with E-state index in [2.05, 4.69) is 29.2 Å². The van der Waals surface area contributed by atoms with Crippen LogP contribution in [0.1, 0.15) is 50.9 Å². The number of nitrogens with zero attached hydrogens (tertiary/aromatic N) is 6. The molecular weight excluding hydrogens is 434 g/mol. The second-order valence-electron chi connectivity index (χ2n) is 8.65. The smallest absolute Gasteiger partial charge is 0.203 e. The summed E-state index contributed by atoms with van der Waals surface area (Å²) in [4.78, 5) is 14.3. The number of nitrogens with one attached hydrogen (secondary N) is 1. The fourth-order valence-corrected chi connectivity index (χ4v) is 4.13. The van der Waals surface area contributed by atoms with Gasteiger partial charge in [-0.25, -0.2) is 19.6 Å². The highest BCUT2D eigenvalue weighted by Crippen LogP contribution is 2.40. The lowest BCUT2D eigenvalue weighted by Crippen LogP contribution is -2.15. The van der Waals surface area contributed by atoms with Gasteiger partial charge in [0.1, 0.15) is 23.8 Å². The fraction of sp³-hybridized carbons (Fsp3) is 0.417. The SMILES string of the molecule is COc1cc(-n2cnc(Nc3nc(C4CCC4)nc4c3cnn4C(C)C)c2)cc(OC)c1OC. The zero-order chi connectivity index (χ0) is 23.8. The van der Waals surface area contributed by atoms with E-state index in [1.54, 1.807) is 27.7 Å². The normalized spacial score (nSPS) is 13.8. The Kier molecular flexibility index (Phi) is 5.72. The van der Waals surface area contributed by atoms with E-state index in [0.717, 1.165) is 35.4 Å². The van der Waals surface area contributed by atoms with Crippen LogP contribution in [0, 0.1) is 0 Å². The second kappa shape index (κ2) is 8.85. The molecule has 0 atom stereocenters. The van der Waals surface area contributed by atoms with Gasteiger partial charge in [0.25, 0.3) is 0 Å². The van der Waals surface area contributed by atoms with Crippen molar-refractivity contribution in [3.05, 3.63) is 36.7 Å². The van der Waals surface area contributed by atoms with Crippen LogP contribution in [0.5, 0.6) is 17.2 Å². The van der Waals surface area contributed by atoms with E-state index in [0.29, 0.717) is 34.8 Å². The van der Waals surface area contributed by atoms with Crippen molar-refractivity contribution < 1.29 is 14.2 Å². The summed E-state index contributed by atoms with van der Waals surface area (Å²) in [5.41, 5.74) is 1.67. The van der Waals surface area contributed by atoms with Crippen molar-refractivity contribution in [1.29, 1.82) is 0 Å². The predicted molar refractivity (Wildman–Crippen MR) is 129 cm³/mol. The van der Waals surface area contributed by atoms with Gasteiger partial charge in [-0.15, -0.1) is 0 Å². The molecule has 3 aromatic heterocycles. The van der Waals surface area contributed by atoms with Gasteiger partial charge in [-0.1, -0.05) is 6.42 Å². The summed E-state index contributed by atoms with van der Waals surface area (Å²) in [6.45, 7) is 4.20. The molecule has 1 fully saturated rings. The number of benzene rings is 1. The van der Waals surface area contributed by atoms with Gasteiger partial charge >= 0.3 is 0 Å². The number of methoxy groups -OCH3 is 3. The molecule has 10 nitrogen and oxygen atoms in total.